The molecule has 0 amide bonds. The monoisotopic (exact) mass is 410 g/mol. The number of nitrogen functional groups attached to an aromatic ring is 1. The minimum Gasteiger partial charge on any atom is -0.455 e. The van der Waals surface area contributed by atoms with Gasteiger partial charge in [-0.05, 0) is 59.7 Å². The zero-order valence-electron chi connectivity index (χ0n) is 15.3. The van der Waals surface area contributed by atoms with Crippen LogP contribution in [0.4, 0.5) is 10.5 Å². The largest absolute Gasteiger partial charge is 0.455 e. The molecule has 25 heavy (non-hydrogen) atoms. The van der Waals surface area contributed by atoms with Gasteiger partial charge in [-0.25, -0.2) is 14.2 Å². The van der Waals surface area contributed by atoms with Crippen LogP contribution >= 0.6 is 15.9 Å². The van der Waals surface area contributed by atoms with Crippen molar-refractivity contribution in [1.29, 1.82) is 0 Å². The number of nitrogens with zero attached hydrogens (tertiary/aromatic N) is 1. The molecular formula is C18H23BrN2O4. The lowest BCUT2D eigenvalue weighted by Gasteiger charge is -2.22. The molecule has 0 bridgehead atoms. The van der Waals surface area contributed by atoms with Crippen molar-refractivity contribution in [2.45, 2.75) is 52.7 Å². The molecule has 0 saturated heterocycles. The predicted octanol–water partition coefficient (Wildman–Crippen LogP) is 4.72. The smallest absolute Gasteiger partial charge is 0.419 e. The molecule has 0 aliphatic carbocycles. The molecule has 7 heteroatoms. The lowest BCUT2D eigenvalue weighted by molar-refractivity contribution is 0.00515. The number of halogens is 1. The first-order valence-electron chi connectivity index (χ1n) is 7.86. The first-order valence-corrected chi connectivity index (χ1v) is 8.65. The number of nitrogens with two attached hydrogens (primary N) is 1. The van der Waals surface area contributed by atoms with E-state index in [1.54, 1.807) is 59.7 Å². The van der Waals surface area contributed by atoms with E-state index in [0.717, 1.165) is 4.47 Å². The summed E-state index contributed by atoms with van der Waals surface area (Å²) in [6.45, 7) is 10.5. The Labute approximate surface area is 155 Å². The quantitative estimate of drug-likeness (QED) is 0.687. The Bertz CT molecular complexity index is 841. The number of fused-ring (bicyclic) bond motifs is 1. The highest BCUT2D eigenvalue weighted by atomic mass is 79.9. The molecule has 1 aromatic heterocycles. The molecule has 2 rings (SSSR count). The van der Waals surface area contributed by atoms with Crippen molar-refractivity contribution in [3.05, 3.63) is 28.4 Å². The van der Waals surface area contributed by atoms with Crippen molar-refractivity contribution in [2.24, 2.45) is 0 Å². The molecule has 0 fully saturated rings. The second kappa shape index (κ2) is 6.37. The maximum Gasteiger partial charge on any atom is 0.419 e. The van der Waals surface area contributed by atoms with Crippen LogP contribution in [0, 0.1) is 0 Å². The van der Waals surface area contributed by atoms with Gasteiger partial charge in [0.15, 0.2) is 5.69 Å². The molecule has 0 saturated carbocycles. The van der Waals surface area contributed by atoms with Crippen molar-refractivity contribution in [3.8, 4) is 0 Å². The van der Waals surface area contributed by atoms with Crippen LogP contribution in [0.5, 0.6) is 0 Å². The van der Waals surface area contributed by atoms with Gasteiger partial charge < -0.3 is 15.2 Å². The first-order chi connectivity index (χ1) is 11.3. The van der Waals surface area contributed by atoms with Crippen LogP contribution in [-0.4, -0.2) is 27.8 Å². The number of hydrogen-bond donors (Lipinski definition) is 1. The summed E-state index contributed by atoms with van der Waals surface area (Å²) < 4.78 is 12.8. The van der Waals surface area contributed by atoms with E-state index >= 15 is 0 Å². The van der Waals surface area contributed by atoms with Crippen molar-refractivity contribution < 1.29 is 19.1 Å². The van der Waals surface area contributed by atoms with Gasteiger partial charge in [-0.15, -0.1) is 0 Å². The third-order valence-corrected chi connectivity index (χ3v) is 3.63. The summed E-state index contributed by atoms with van der Waals surface area (Å²) in [5, 5.41) is 0.579. The Morgan fingerprint density at radius 3 is 2.12 bits per heavy atom. The second-order valence-corrected chi connectivity index (χ2v) is 8.66. The van der Waals surface area contributed by atoms with Crippen LogP contribution in [0.2, 0.25) is 0 Å². The number of esters is 1. The van der Waals surface area contributed by atoms with Crippen molar-refractivity contribution in [3.63, 3.8) is 0 Å². The van der Waals surface area contributed by atoms with Crippen molar-refractivity contribution in [2.75, 3.05) is 5.73 Å². The fourth-order valence-corrected chi connectivity index (χ4v) is 2.66. The fraction of sp³-hybridized carbons (Fsp3) is 0.444. The molecule has 0 unspecified atom stereocenters. The fourth-order valence-electron chi connectivity index (χ4n) is 2.31. The molecule has 0 atom stereocenters. The number of aromatic nitrogens is 1. The van der Waals surface area contributed by atoms with E-state index < -0.39 is 23.3 Å². The molecule has 2 aromatic rings. The Morgan fingerprint density at radius 1 is 1.04 bits per heavy atom. The Kier molecular flexibility index (Phi) is 4.92. The number of benzene rings is 1. The maximum absolute atomic E-state index is 12.8. The summed E-state index contributed by atoms with van der Waals surface area (Å²) in [4.78, 5) is 25.4. The molecule has 1 aromatic carbocycles. The molecule has 2 N–H and O–H groups in total. The number of rotatable bonds is 1. The van der Waals surface area contributed by atoms with E-state index in [-0.39, 0.29) is 11.4 Å². The number of carbonyl (C=O) groups is 2. The first kappa shape index (κ1) is 19.3. The van der Waals surface area contributed by atoms with Gasteiger partial charge in [-0.1, -0.05) is 15.9 Å². The second-order valence-electron chi connectivity index (χ2n) is 7.74. The lowest BCUT2D eigenvalue weighted by Crippen LogP contribution is -2.31. The summed E-state index contributed by atoms with van der Waals surface area (Å²) >= 11 is 3.37. The lowest BCUT2D eigenvalue weighted by atomic mass is 10.2. The van der Waals surface area contributed by atoms with Gasteiger partial charge in [0, 0.05) is 9.86 Å². The third-order valence-electron chi connectivity index (χ3n) is 3.14. The Balaban J connectivity index is 2.71. The van der Waals surface area contributed by atoms with Gasteiger partial charge >= 0.3 is 12.1 Å². The van der Waals surface area contributed by atoms with E-state index in [0.29, 0.717) is 10.9 Å². The van der Waals surface area contributed by atoms with E-state index in [4.69, 9.17) is 15.2 Å². The summed E-state index contributed by atoms with van der Waals surface area (Å²) in [5.41, 5.74) is 5.35. The van der Waals surface area contributed by atoms with E-state index in [1.807, 2.05) is 0 Å². The standard InChI is InChI=1S/C18H23BrN2O4/c1-17(2,3)24-15(22)14-13(20)11-8-7-10(19)9-12(11)21(14)16(23)25-18(4,5)6/h7-9H,20H2,1-6H3. The molecule has 136 valence electrons. The minimum atomic E-state index is -0.723. The Morgan fingerprint density at radius 2 is 1.60 bits per heavy atom. The van der Waals surface area contributed by atoms with Gasteiger partial charge in [-0.2, -0.15) is 0 Å². The Hall–Kier alpha value is -2.02. The molecule has 0 aliphatic rings. The van der Waals surface area contributed by atoms with Gasteiger partial charge in [0.25, 0.3) is 0 Å². The van der Waals surface area contributed by atoms with Crippen molar-refractivity contribution in [1.82, 2.24) is 4.57 Å². The SMILES string of the molecule is CC(C)(C)OC(=O)c1c(N)c2ccc(Br)cc2n1C(=O)OC(C)(C)C. The zero-order chi connectivity index (χ0) is 19.2. The highest BCUT2D eigenvalue weighted by molar-refractivity contribution is 9.10. The molecule has 0 radical (unpaired) electrons. The number of anilines is 1. The van der Waals surface area contributed by atoms with E-state index in [1.165, 1.54) is 4.57 Å². The van der Waals surface area contributed by atoms with Crippen molar-refractivity contribution >= 4 is 44.6 Å². The van der Waals surface area contributed by atoms with Crippen LogP contribution < -0.4 is 5.73 Å². The maximum atomic E-state index is 12.8. The van der Waals surface area contributed by atoms with Gasteiger partial charge in [0.05, 0.1) is 11.2 Å². The minimum absolute atomic E-state index is 0.0303. The van der Waals surface area contributed by atoms with Crippen LogP contribution in [-0.2, 0) is 9.47 Å². The molecular weight excluding hydrogens is 388 g/mol. The molecule has 1 heterocycles. The summed E-state index contributed by atoms with van der Waals surface area (Å²) in [6.07, 6.45) is -0.687. The normalized spacial score (nSPS) is 12.3. The predicted molar refractivity (Wildman–Crippen MR) is 101 cm³/mol. The van der Waals surface area contributed by atoms with E-state index in [2.05, 4.69) is 15.9 Å². The topological polar surface area (TPSA) is 83.5 Å². The molecule has 0 spiro atoms. The van der Waals surface area contributed by atoms with Crippen LogP contribution in [0.1, 0.15) is 52.0 Å². The number of carbonyl (C=O) groups excluding carboxylic acids is 2. The number of ether oxygens (including phenoxy) is 2. The molecule has 6 nitrogen and oxygen atoms in total. The average molecular weight is 411 g/mol. The van der Waals surface area contributed by atoms with E-state index in [9.17, 15) is 9.59 Å². The highest BCUT2D eigenvalue weighted by Gasteiger charge is 2.31. The molecule has 0 aliphatic heterocycles. The van der Waals surface area contributed by atoms with Crippen LogP contribution in [0.3, 0.4) is 0 Å². The third kappa shape index (κ3) is 4.34. The van der Waals surface area contributed by atoms with Gasteiger partial charge in [0.1, 0.15) is 11.2 Å². The van der Waals surface area contributed by atoms with Crippen LogP contribution in [0.15, 0.2) is 22.7 Å². The zero-order valence-corrected chi connectivity index (χ0v) is 16.9. The van der Waals surface area contributed by atoms with Gasteiger partial charge in [-0.3, -0.25) is 0 Å². The average Bonchev–Trinajstić information content (AvgIpc) is 2.67. The highest BCUT2D eigenvalue weighted by Crippen LogP contribution is 2.32. The summed E-state index contributed by atoms with van der Waals surface area (Å²) in [6, 6.07) is 5.24. The summed E-state index contributed by atoms with van der Waals surface area (Å²) in [5.74, 6) is -0.678. The number of hydrogen-bond acceptors (Lipinski definition) is 5. The van der Waals surface area contributed by atoms with Gasteiger partial charge in [0.2, 0.25) is 0 Å². The van der Waals surface area contributed by atoms with Crippen LogP contribution in [0.25, 0.3) is 10.9 Å². The summed E-state index contributed by atoms with van der Waals surface area (Å²) in [7, 11) is 0.